The van der Waals surface area contributed by atoms with Crippen LogP contribution in [-0.4, -0.2) is 42.8 Å². The van der Waals surface area contributed by atoms with E-state index in [2.05, 4.69) is 29.9 Å². The van der Waals surface area contributed by atoms with Gasteiger partial charge in [-0.15, -0.1) is 0 Å². The van der Waals surface area contributed by atoms with Gasteiger partial charge in [0.1, 0.15) is 30.4 Å². The van der Waals surface area contributed by atoms with Crippen molar-refractivity contribution in [2.75, 3.05) is 18.0 Å². The van der Waals surface area contributed by atoms with Crippen LogP contribution >= 0.6 is 0 Å². The summed E-state index contributed by atoms with van der Waals surface area (Å²) in [6.45, 7) is 2.96. The number of anilines is 1. The highest BCUT2D eigenvalue weighted by molar-refractivity contribution is 5.87. The summed E-state index contributed by atoms with van der Waals surface area (Å²) >= 11 is 0. The molecular weight excluding hydrogens is 266 g/mol. The van der Waals surface area contributed by atoms with Gasteiger partial charge in [-0.25, -0.2) is 15.0 Å². The monoisotopic (exact) mass is 283 g/mol. The van der Waals surface area contributed by atoms with E-state index in [-0.39, 0.29) is 0 Å². The van der Waals surface area contributed by atoms with Gasteiger partial charge in [-0.3, -0.25) is 4.68 Å². The van der Waals surface area contributed by atoms with Crippen LogP contribution in [0.1, 0.15) is 12.8 Å². The van der Waals surface area contributed by atoms with Crippen molar-refractivity contribution in [1.29, 1.82) is 0 Å². The predicted molar refractivity (Wildman–Crippen MR) is 78.8 cm³/mol. The number of piperidine rings is 1. The Labute approximate surface area is 122 Å². The number of hydrogen-bond acceptors (Lipinski definition) is 5. The second kappa shape index (κ2) is 5.16. The van der Waals surface area contributed by atoms with Crippen LogP contribution in [0.5, 0.6) is 0 Å². The lowest BCUT2D eigenvalue weighted by atomic mass is 9.98. The van der Waals surface area contributed by atoms with Gasteiger partial charge in [0, 0.05) is 25.8 Å². The molecule has 4 heterocycles. The van der Waals surface area contributed by atoms with Crippen LogP contribution in [0.2, 0.25) is 0 Å². The number of nitrogens with one attached hydrogen (secondary N) is 1. The van der Waals surface area contributed by atoms with Crippen molar-refractivity contribution in [2.24, 2.45) is 5.92 Å². The SMILES string of the molecule is c1nc(N2CCCC(Cn3cncn3)C2)c2cc[nH]c2n1. The molecule has 1 aliphatic rings. The van der Waals surface area contributed by atoms with Gasteiger partial charge in [-0.1, -0.05) is 0 Å². The topological polar surface area (TPSA) is 75.5 Å². The third-order valence-electron chi connectivity index (χ3n) is 4.06. The fraction of sp³-hybridized carbons (Fsp3) is 0.429. The van der Waals surface area contributed by atoms with Crippen molar-refractivity contribution >= 4 is 16.9 Å². The van der Waals surface area contributed by atoms with Gasteiger partial charge in [0.15, 0.2) is 0 Å². The summed E-state index contributed by atoms with van der Waals surface area (Å²) in [7, 11) is 0. The highest BCUT2D eigenvalue weighted by atomic mass is 15.3. The molecule has 7 heteroatoms. The van der Waals surface area contributed by atoms with Crippen LogP contribution in [0.15, 0.2) is 31.2 Å². The number of hydrogen-bond donors (Lipinski definition) is 1. The van der Waals surface area contributed by atoms with Crippen molar-refractivity contribution in [3.05, 3.63) is 31.2 Å². The Kier molecular flexibility index (Phi) is 3.02. The average Bonchev–Trinajstić information content (AvgIpc) is 3.18. The van der Waals surface area contributed by atoms with Crippen LogP contribution in [0.4, 0.5) is 5.82 Å². The van der Waals surface area contributed by atoms with Gasteiger partial charge in [0.25, 0.3) is 0 Å². The molecular formula is C14H17N7. The van der Waals surface area contributed by atoms with Gasteiger partial charge in [-0.2, -0.15) is 5.10 Å². The summed E-state index contributed by atoms with van der Waals surface area (Å²) in [5.41, 5.74) is 0.901. The van der Waals surface area contributed by atoms with Crippen LogP contribution < -0.4 is 4.90 Å². The number of rotatable bonds is 3. The zero-order valence-corrected chi connectivity index (χ0v) is 11.7. The zero-order chi connectivity index (χ0) is 14.1. The van der Waals surface area contributed by atoms with E-state index in [0.29, 0.717) is 5.92 Å². The van der Waals surface area contributed by atoms with Gasteiger partial charge in [0.05, 0.1) is 5.39 Å². The molecule has 1 aliphatic heterocycles. The lowest BCUT2D eigenvalue weighted by molar-refractivity contribution is 0.351. The fourth-order valence-electron chi connectivity index (χ4n) is 3.11. The molecule has 3 aromatic rings. The molecule has 0 amide bonds. The molecule has 1 atom stereocenters. The number of aromatic nitrogens is 6. The molecule has 0 aromatic carbocycles. The summed E-state index contributed by atoms with van der Waals surface area (Å²) in [6.07, 6.45) is 9.32. The summed E-state index contributed by atoms with van der Waals surface area (Å²) in [5.74, 6) is 1.61. The lowest BCUT2D eigenvalue weighted by Crippen LogP contribution is -2.37. The van der Waals surface area contributed by atoms with Crippen molar-refractivity contribution in [1.82, 2.24) is 29.7 Å². The summed E-state index contributed by atoms with van der Waals surface area (Å²) in [5, 5.41) is 5.30. The molecule has 1 N–H and O–H groups in total. The predicted octanol–water partition coefficient (Wildman–Crippen LogP) is 1.47. The average molecular weight is 283 g/mol. The fourth-order valence-corrected chi connectivity index (χ4v) is 3.11. The largest absolute Gasteiger partial charge is 0.356 e. The molecule has 0 saturated carbocycles. The first-order valence-corrected chi connectivity index (χ1v) is 7.25. The lowest BCUT2D eigenvalue weighted by Gasteiger charge is -2.33. The van der Waals surface area contributed by atoms with Crippen molar-refractivity contribution in [2.45, 2.75) is 19.4 Å². The van der Waals surface area contributed by atoms with Gasteiger partial charge in [-0.05, 0) is 24.8 Å². The molecule has 0 radical (unpaired) electrons. The molecule has 1 unspecified atom stereocenters. The van der Waals surface area contributed by atoms with Crippen LogP contribution in [0.25, 0.3) is 11.0 Å². The van der Waals surface area contributed by atoms with Gasteiger partial charge < -0.3 is 9.88 Å². The normalized spacial score (nSPS) is 19.2. The quantitative estimate of drug-likeness (QED) is 0.787. The Balaban J connectivity index is 1.56. The first kappa shape index (κ1) is 12.3. The second-order valence-electron chi connectivity index (χ2n) is 5.51. The Morgan fingerprint density at radius 2 is 2.29 bits per heavy atom. The van der Waals surface area contributed by atoms with E-state index in [4.69, 9.17) is 0 Å². The minimum Gasteiger partial charge on any atom is -0.356 e. The third kappa shape index (κ3) is 2.35. The van der Waals surface area contributed by atoms with Crippen molar-refractivity contribution < 1.29 is 0 Å². The summed E-state index contributed by atoms with van der Waals surface area (Å²) in [4.78, 5) is 18.3. The Morgan fingerprint density at radius 3 is 3.19 bits per heavy atom. The Hall–Kier alpha value is -2.44. The number of aromatic amines is 1. The molecule has 1 fully saturated rings. The van der Waals surface area contributed by atoms with Gasteiger partial charge >= 0.3 is 0 Å². The molecule has 0 bridgehead atoms. The number of nitrogens with zero attached hydrogens (tertiary/aromatic N) is 6. The highest BCUT2D eigenvalue weighted by Gasteiger charge is 2.23. The Morgan fingerprint density at radius 1 is 1.29 bits per heavy atom. The van der Waals surface area contributed by atoms with E-state index >= 15 is 0 Å². The minimum atomic E-state index is 0.574. The van der Waals surface area contributed by atoms with E-state index in [1.165, 1.54) is 12.8 Å². The molecule has 108 valence electrons. The standard InChI is InChI=1S/C14H17N7/c1-2-11(7-21-10-15-8-19-21)6-20(5-1)14-12-3-4-16-13(12)17-9-18-14/h3-4,8-11H,1-2,5-7H2,(H,16,17,18). The smallest absolute Gasteiger partial charge is 0.142 e. The molecule has 1 saturated heterocycles. The van der Waals surface area contributed by atoms with Crippen LogP contribution in [0, 0.1) is 5.92 Å². The van der Waals surface area contributed by atoms with Crippen LogP contribution in [0.3, 0.4) is 0 Å². The molecule has 7 nitrogen and oxygen atoms in total. The minimum absolute atomic E-state index is 0.574. The third-order valence-corrected chi connectivity index (χ3v) is 4.06. The van der Waals surface area contributed by atoms with E-state index in [1.807, 2.05) is 16.9 Å². The highest BCUT2D eigenvalue weighted by Crippen LogP contribution is 2.27. The van der Waals surface area contributed by atoms with Crippen molar-refractivity contribution in [3.63, 3.8) is 0 Å². The van der Waals surface area contributed by atoms with E-state index < -0.39 is 0 Å². The molecule has 0 spiro atoms. The van der Waals surface area contributed by atoms with Crippen LogP contribution in [-0.2, 0) is 6.54 Å². The molecule has 4 rings (SSSR count). The maximum Gasteiger partial charge on any atom is 0.142 e. The molecule has 21 heavy (non-hydrogen) atoms. The van der Waals surface area contributed by atoms with E-state index in [9.17, 15) is 0 Å². The first-order chi connectivity index (χ1) is 10.4. The number of H-pyrrole nitrogens is 1. The molecule has 0 aliphatic carbocycles. The Bertz CT molecular complexity index is 718. The van der Waals surface area contributed by atoms with E-state index in [1.54, 1.807) is 19.0 Å². The van der Waals surface area contributed by atoms with Crippen molar-refractivity contribution in [3.8, 4) is 0 Å². The maximum atomic E-state index is 4.49. The summed E-state index contributed by atoms with van der Waals surface area (Å²) < 4.78 is 1.92. The number of fused-ring (bicyclic) bond motifs is 1. The first-order valence-electron chi connectivity index (χ1n) is 7.25. The second-order valence-corrected chi connectivity index (χ2v) is 5.51. The maximum absolute atomic E-state index is 4.49. The summed E-state index contributed by atoms with van der Waals surface area (Å²) in [6, 6.07) is 2.05. The zero-order valence-electron chi connectivity index (χ0n) is 11.7. The molecule has 3 aromatic heterocycles. The van der Waals surface area contributed by atoms with Gasteiger partial charge in [0.2, 0.25) is 0 Å². The van der Waals surface area contributed by atoms with E-state index in [0.717, 1.165) is 36.5 Å².